The van der Waals surface area contributed by atoms with Crippen LogP contribution in [0, 0.1) is 6.92 Å². The van der Waals surface area contributed by atoms with Crippen LogP contribution in [0.3, 0.4) is 0 Å². The van der Waals surface area contributed by atoms with Crippen LogP contribution in [0.2, 0.25) is 0 Å². The normalized spacial score (nSPS) is 20.4. The van der Waals surface area contributed by atoms with Gasteiger partial charge in [0.15, 0.2) is 5.96 Å². The number of anilines is 1. The summed E-state index contributed by atoms with van der Waals surface area (Å²) >= 11 is 1.95. The number of ether oxygens (including phenoxy) is 1. The maximum absolute atomic E-state index is 5.54. The number of rotatable bonds is 5. The number of thioether (sulfide) groups is 1. The Bertz CT molecular complexity index is 614. The summed E-state index contributed by atoms with van der Waals surface area (Å²) < 4.78 is 5.80. The zero-order chi connectivity index (χ0) is 19.1. The molecule has 0 unspecified atom stereocenters. The van der Waals surface area contributed by atoms with E-state index in [-0.39, 0.29) is 28.7 Å². The summed E-state index contributed by atoms with van der Waals surface area (Å²) in [5.74, 6) is 2.00. The Balaban J connectivity index is 0.00000280. The lowest BCUT2D eigenvalue weighted by Crippen LogP contribution is -2.52. The van der Waals surface area contributed by atoms with E-state index in [0.717, 1.165) is 70.3 Å². The minimum Gasteiger partial charge on any atom is -0.381 e. The largest absolute Gasteiger partial charge is 0.381 e. The highest BCUT2D eigenvalue weighted by Gasteiger charge is 2.32. The molecule has 2 N–H and O–H groups in total. The molecular formula is C20H34IN5OS. The molecule has 3 heterocycles. The van der Waals surface area contributed by atoms with Gasteiger partial charge < -0.3 is 20.3 Å². The van der Waals surface area contributed by atoms with E-state index in [0.29, 0.717) is 6.04 Å². The van der Waals surface area contributed by atoms with E-state index in [4.69, 9.17) is 4.74 Å². The summed E-state index contributed by atoms with van der Waals surface area (Å²) in [4.78, 5) is 11.4. The van der Waals surface area contributed by atoms with Crippen LogP contribution in [0.4, 0.5) is 5.82 Å². The molecular weight excluding hydrogens is 485 g/mol. The van der Waals surface area contributed by atoms with Crippen molar-refractivity contribution in [2.75, 3.05) is 51.1 Å². The van der Waals surface area contributed by atoms with Crippen molar-refractivity contribution in [3.63, 3.8) is 0 Å². The maximum Gasteiger partial charge on any atom is 0.191 e. The molecule has 3 rings (SSSR count). The number of nitrogens with zero attached hydrogens (tertiary/aromatic N) is 3. The van der Waals surface area contributed by atoms with Gasteiger partial charge in [0.2, 0.25) is 0 Å². The van der Waals surface area contributed by atoms with Crippen molar-refractivity contribution in [3.05, 3.63) is 23.9 Å². The SMILES string of the molecule is CN=C(NCC1(SC)CCOCC1)NC1CCN(c2ccc(C)cn2)CC1.I. The Labute approximate surface area is 190 Å². The summed E-state index contributed by atoms with van der Waals surface area (Å²) in [6, 6.07) is 4.72. The van der Waals surface area contributed by atoms with Gasteiger partial charge in [0.1, 0.15) is 5.82 Å². The van der Waals surface area contributed by atoms with Crippen LogP contribution in [0.1, 0.15) is 31.2 Å². The van der Waals surface area contributed by atoms with Gasteiger partial charge in [0.05, 0.1) is 0 Å². The summed E-state index contributed by atoms with van der Waals surface area (Å²) in [5, 5.41) is 7.18. The first kappa shape index (κ1) is 23.5. The second kappa shape index (κ2) is 11.4. The van der Waals surface area contributed by atoms with Crippen LogP contribution in [0.25, 0.3) is 0 Å². The fraction of sp³-hybridized carbons (Fsp3) is 0.700. The van der Waals surface area contributed by atoms with E-state index in [1.165, 1.54) is 5.56 Å². The van der Waals surface area contributed by atoms with Crippen LogP contribution in [0.15, 0.2) is 23.3 Å². The fourth-order valence-electron chi connectivity index (χ4n) is 3.73. The maximum atomic E-state index is 5.54. The topological polar surface area (TPSA) is 61.8 Å². The van der Waals surface area contributed by atoms with Gasteiger partial charge in [-0.2, -0.15) is 11.8 Å². The van der Waals surface area contributed by atoms with Crippen molar-refractivity contribution < 1.29 is 4.74 Å². The lowest BCUT2D eigenvalue weighted by molar-refractivity contribution is 0.0782. The first-order valence-corrected chi connectivity index (χ1v) is 11.1. The molecule has 2 aliphatic rings. The van der Waals surface area contributed by atoms with E-state index >= 15 is 0 Å². The highest BCUT2D eigenvalue weighted by atomic mass is 127. The average Bonchev–Trinajstić information content (AvgIpc) is 2.73. The zero-order valence-electron chi connectivity index (χ0n) is 17.2. The van der Waals surface area contributed by atoms with Gasteiger partial charge in [0.25, 0.3) is 0 Å². The van der Waals surface area contributed by atoms with Gasteiger partial charge in [-0.3, -0.25) is 4.99 Å². The molecule has 0 amide bonds. The molecule has 0 saturated carbocycles. The smallest absolute Gasteiger partial charge is 0.191 e. The molecule has 6 nitrogen and oxygen atoms in total. The summed E-state index contributed by atoms with van der Waals surface area (Å²) in [6.07, 6.45) is 8.54. The monoisotopic (exact) mass is 519 g/mol. The molecule has 2 aliphatic heterocycles. The highest BCUT2D eigenvalue weighted by Crippen LogP contribution is 2.33. The molecule has 0 aromatic carbocycles. The molecule has 1 aromatic heterocycles. The minimum absolute atomic E-state index is 0. The second-order valence-electron chi connectivity index (χ2n) is 7.52. The Hall–Kier alpha value is -0.740. The van der Waals surface area contributed by atoms with E-state index in [9.17, 15) is 0 Å². The number of pyridine rings is 1. The number of piperidine rings is 1. The van der Waals surface area contributed by atoms with Crippen molar-refractivity contribution in [1.29, 1.82) is 0 Å². The molecule has 1 aromatic rings. The number of hydrogen-bond acceptors (Lipinski definition) is 5. The predicted octanol–water partition coefficient (Wildman–Crippen LogP) is 3.05. The molecule has 2 fully saturated rings. The second-order valence-corrected chi connectivity index (χ2v) is 8.80. The van der Waals surface area contributed by atoms with Crippen molar-refractivity contribution >= 4 is 47.5 Å². The van der Waals surface area contributed by atoms with Gasteiger partial charge in [-0.1, -0.05) is 6.07 Å². The molecule has 0 spiro atoms. The average molecular weight is 519 g/mol. The summed E-state index contributed by atoms with van der Waals surface area (Å²) in [6.45, 7) is 6.78. The fourth-order valence-corrected chi connectivity index (χ4v) is 4.52. The van der Waals surface area contributed by atoms with Gasteiger partial charge in [-0.15, -0.1) is 24.0 Å². The van der Waals surface area contributed by atoms with Crippen molar-refractivity contribution in [2.45, 2.75) is 43.4 Å². The lowest BCUT2D eigenvalue weighted by Gasteiger charge is -2.37. The molecule has 8 heteroatoms. The van der Waals surface area contributed by atoms with Gasteiger partial charge >= 0.3 is 0 Å². The van der Waals surface area contributed by atoms with E-state index in [1.54, 1.807) is 0 Å². The van der Waals surface area contributed by atoms with Gasteiger partial charge in [-0.25, -0.2) is 4.98 Å². The molecule has 28 heavy (non-hydrogen) atoms. The number of aryl methyl sites for hydroxylation is 1. The Kier molecular flexibility index (Phi) is 9.62. The molecule has 0 radical (unpaired) electrons. The van der Waals surface area contributed by atoms with E-state index in [1.807, 2.05) is 25.0 Å². The van der Waals surface area contributed by atoms with Crippen LogP contribution in [0.5, 0.6) is 0 Å². The molecule has 0 bridgehead atoms. The zero-order valence-corrected chi connectivity index (χ0v) is 20.4. The van der Waals surface area contributed by atoms with Crippen molar-refractivity contribution in [3.8, 4) is 0 Å². The number of nitrogens with one attached hydrogen (secondary N) is 2. The van der Waals surface area contributed by atoms with Gasteiger partial charge in [-0.05, 0) is 50.5 Å². The summed E-state index contributed by atoms with van der Waals surface area (Å²) in [7, 11) is 1.86. The van der Waals surface area contributed by atoms with Crippen molar-refractivity contribution in [2.24, 2.45) is 4.99 Å². The third kappa shape index (κ3) is 6.38. The lowest BCUT2D eigenvalue weighted by atomic mass is 9.99. The molecule has 0 aliphatic carbocycles. The predicted molar refractivity (Wildman–Crippen MR) is 130 cm³/mol. The first-order valence-electron chi connectivity index (χ1n) is 9.92. The highest BCUT2D eigenvalue weighted by molar-refractivity contribution is 14.0. The number of aromatic nitrogens is 1. The van der Waals surface area contributed by atoms with E-state index in [2.05, 4.69) is 50.8 Å². The van der Waals surface area contributed by atoms with Gasteiger partial charge in [0, 0.05) is 56.9 Å². The first-order chi connectivity index (χ1) is 13.1. The molecule has 2 saturated heterocycles. The Morgan fingerprint density at radius 2 is 2.04 bits per heavy atom. The third-order valence-corrected chi connectivity index (χ3v) is 7.11. The van der Waals surface area contributed by atoms with Crippen LogP contribution >= 0.6 is 35.7 Å². The van der Waals surface area contributed by atoms with Crippen LogP contribution < -0.4 is 15.5 Å². The summed E-state index contributed by atoms with van der Waals surface area (Å²) in [5.41, 5.74) is 1.21. The Morgan fingerprint density at radius 3 is 2.61 bits per heavy atom. The third-order valence-electron chi connectivity index (χ3n) is 5.69. The van der Waals surface area contributed by atoms with E-state index < -0.39 is 0 Å². The standard InChI is InChI=1S/C20H33N5OS.HI/c1-16-4-5-18(22-14-16)25-10-6-17(7-11-25)24-19(21-2)23-15-20(27-3)8-12-26-13-9-20;/h4-5,14,17H,6-13,15H2,1-3H3,(H2,21,23,24);1H. The number of hydrogen-bond donors (Lipinski definition) is 2. The number of aliphatic imine (C=N–C) groups is 1. The van der Waals surface area contributed by atoms with Crippen LogP contribution in [-0.4, -0.2) is 67.9 Å². The van der Waals surface area contributed by atoms with Crippen molar-refractivity contribution in [1.82, 2.24) is 15.6 Å². The Morgan fingerprint density at radius 1 is 1.32 bits per heavy atom. The van der Waals surface area contributed by atoms with Crippen LogP contribution in [-0.2, 0) is 4.74 Å². The number of guanidine groups is 1. The number of halogens is 1. The molecule has 158 valence electrons. The quantitative estimate of drug-likeness (QED) is 0.355. The molecule has 0 atom stereocenters. The minimum atomic E-state index is 0.